The fourth-order valence-corrected chi connectivity index (χ4v) is 3.13. The summed E-state index contributed by atoms with van der Waals surface area (Å²) in [7, 11) is 0. The van der Waals surface area contributed by atoms with Gasteiger partial charge in [0.2, 0.25) is 0 Å². The van der Waals surface area contributed by atoms with Crippen LogP contribution in [-0.2, 0) is 0 Å². The van der Waals surface area contributed by atoms with E-state index in [0.29, 0.717) is 6.42 Å². The SMILES string of the molecule is CCCCCCCCCCCCCCCCCC(O)NC(O)CC. The molecule has 0 radical (unpaired) electrons. The number of aliphatic hydroxyl groups is 2. The van der Waals surface area contributed by atoms with Gasteiger partial charge in [-0.3, -0.25) is 5.32 Å². The maximum atomic E-state index is 9.68. The summed E-state index contributed by atoms with van der Waals surface area (Å²) in [4.78, 5) is 0. The van der Waals surface area contributed by atoms with E-state index >= 15 is 0 Å². The van der Waals surface area contributed by atoms with Crippen LogP contribution >= 0.6 is 0 Å². The van der Waals surface area contributed by atoms with Crippen molar-refractivity contribution in [1.82, 2.24) is 5.32 Å². The van der Waals surface area contributed by atoms with Crippen LogP contribution in [0, 0.1) is 0 Å². The highest BCUT2D eigenvalue weighted by Gasteiger charge is 2.07. The number of aliphatic hydroxyl groups excluding tert-OH is 2. The fourth-order valence-electron chi connectivity index (χ4n) is 3.13. The highest BCUT2D eigenvalue weighted by molar-refractivity contribution is 4.57. The van der Waals surface area contributed by atoms with Gasteiger partial charge in [0.25, 0.3) is 0 Å². The van der Waals surface area contributed by atoms with Gasteiger partial charge < -0.3 is 10.2 Å². The first kappa shape index (κ1) is 23.9. The van der Waals surface area contributed by atoms with E-state index in [1.807, 2.05) is 6.92 Å². The average molecular weight is 344 g/mol. The summed E-state index contributed by atoms with van der Waals surface area (Å²) in [5.74, 6) is 0. The summed E-state index contributed by atoms with van der Waals surface area (Å²) >= 11 is 0. The first-order chi connectivity index (χ1) is 11.7. The van der Waals surface area contributed by atoms with E-state index in [4.69, 9.17) is 0 Å². The zero-order chi connectivity index (χ0) is 17.9. The van der Waals surface area contributed by atoms with E-state index in [-0.39, 0.29) is 0 Å². The summed E-state index contributed by atoms with van der Waals surface area (Å²) in [6, 6.07) is 0. The Hall–Kier alpha value is -0.120. The van der Waals surface area contributed by atoms with Gasteiger partial charge in [-0.15, -0.1) is 0 Å². The summed E-state index contributed by atoms with van der Waals surface area (Å²) < 4.78 is 0. The molecule has 0 saturated carbocycles. The molecule has 0 heterocycles. The van der Waals surface area contributed by atoms with Crippen LogP contribution in [0.4, 0.5) is 0 Å². The molecule has 0 saturated heterocycles. The second-order valence-corrected chi connectivity index (χ2v) is 7.34. The van der Waals surface area contributed by atoms with Gasteiger partial charge in [0.05, 0.1) is 0 Å². The second-order valence-electron chi connectivity index (χ2n) is 7.34. The molecule has 0 aliphatic heterocycles. The van der Waals surface area contributed by atoms with Crippen molar-refractivity contribution in [3.8, 4) is 0 Å². The van der Waals surface area contributed by atoms with Crippen molar-refractivity contribution in [2.45, 2.75) is 135 Å². The predicted octanol–water partition coefficient (Wildman–Crippen LogP) is 5.88. The van der Waals surface area contributed by atoms with Crippen LogP contribution in [-0.4, -0.2) is 22.7 Å². The van der Waals surface area contributed by atoms with Crippen molar-refractivity contribution in [3.05, 3.63) is 0 Å². The monoisotopic (exact) mass is 343 g/mol. The quantitative estimate of drug-likeness (QED) is 0.203. The molecule has 146 valence electrons. The van der Waals surface area contributed by atoms with E-state index in [1.165, 1.54) is 89.9 Å². The van der Waals surface area contributed by atoms with Gasteiger partial charge in [-0.25, -0.2) is 0 Å². The number of rotatable bonds is 19. The lowest BCUT2D eigenvalue weighted by atomic mass is 10.0. The molecule has 2 unspecified atom stereocenters. The maximum Gasteiger partial charge on any atom is 0.106 e. The molecule has 0 rings (SSSR count). The Balaban J connectivity index is 3.10. The molecule has 0 spiro atoms. The molecule has 0 aromatic carbocycles. The summed E-state index contributed by atoms with van der Waals surface area (Å²) in [5, 5.41) is 21.9. The first-order valence-corrected chi connectivity index (χ1v) is 10.8. The van der Waals surface area contributed by atoms with Crippen molar-refractivity contribution < 1.29 is 10.2 Å². The van der Waals surface area contributed by atoms with Crippen LogP contribution in [0.25, 0.3) is 0 Å². The van der Waals surface area contributed by atoms with Crippen molar-refractivity contribution in [2.24, 2.45) is 0 Å². The number of hydrogen-bond donors (Lipinski definition) is 3. The fraction of sp³-hybridized carbons (Fsp3) is 1.00. The molecule has 0 amide bonds. The molecule has 2 atom stereocenters. The predicted molar refractivity (Wildman–Crippen MR) is 105 cm³/mol. The Labute approximate surface area is 151 Å². The minimum absolute atomic E-state index is 0.554. The third kappa shape index (κ3) is 18.2. The standard InChI is InChI=1S/C21H45NO2/c1-3-5-6-7-8-9-10-11-12-13-14-15-16-17-18-19-21(24)22-20(23)4-2/h20-24H,3-19H2,1-2H3. The summed E-state index contributed by atoms with van der Waals surface area (Å²) in [5.41, 5.74) is 0. The normalized spacial score (nSPS) is 14.0. The summed E-state index contributed by atoms with van der Waals surface area (Å²) in [6.45, 7) is 4.18. The molecule has 0 aromatic heterocycles. The Morgan fingerprint density at radius 3 is 1.29 bits per heavy atom. The molecule has 3 N–H and O–H groups in total. The van der Waals surface area contributed by atoms with Crippen LogP contribution in [0.3, 0.4) is 0 Å². The minimum atomic E-state index is -0.573. The lowest BCUT2D eigenvalue weighted by Crippen LogP contribution is -2.37. The van der Waals surface area contributed by atoms with Gasteiger partial charge in [0, 0.05) is 0 Å². The minimum Gasteiger partial charge on any atom is -0.379 e. The zero-order valence-electron chi connectivity index (χ0n) is 16.6. The van der Waals surface area contributed by atoms with Gasteiger partial charge in [0.1, 0.15) is 12.5 Å². The number of unbranched alkanes of at least 4 members (excludes halogenated alkanes) is 14. The van der Waals surface area contributed by atoms with E-state index in [9.17, 15) is 10.2 Å². The Morgan fingerprint density at radius 2 is 0.917 bits per heavy atom. The Bertz CT molecular complexity index is 236. The molecule has 3 heteroatoms. The van der Waals surface area contributed by atoms with E-state index < -0.39 is 12.5 Å². The van der Waals surface area contributed by atoms with Crippen LogP contribution in [0.15, 0.2) is 0 Å². The largest absolute Gasteiger partial charge is 0.379 e. The molecule has 0 aliphatic carbocycles. The summed E-state index contributed by atoms with van der Waals surface area (Å²) in [6.07, 6.45) is 20.6. The third-order valence-electron chi connectivity index (χ3n) is 4.85. The van der Waals surface area contributed by atoms with Gasteiger partial charge >= 0.3 is 0 Å². The average Bonchev–Trinajstić information content (AvgIpc) is 2.58. The molecule has 0 aliphatic rings. The number of nitrogens with one attached hydrogen (secondary N) is 1. The highest BCUT2D eigenvalue weighted by atomic mass is 16.3. The molecule has 24 heavy (non-hydrogen) atoms. The van der Waals surface area contributed by atoms with E-state index in [1.54, 1.807) is 0 Å². The maximum absolute atomic E-state index is 9.68. The van der Waals surface area contributed by atoms with Crippen LogP contribution < -0.4 is 5.32 Å². The topological polar surface area (TPSA) is 52.5 Å². The zero-order valence-corrected chi connectivity index (χ0v) is 16.6. The van der Waals surface area contributed by atoms with E-state index in [0.717, 1.165) is 12.8 Å². The van der Waals surface area contributed by atoms with Gasteiger partial charge in [-0.1, -0.05) is 104 Å². The molecular formula is C21H45NO2. The lowest BCUT2D eigenvalue weighted by molar-refractivity contribution is 0.0348. The molecule has 0 aromatic rings. The second kappa shape index (κ2) is 19.2. The van der Waals surface area contributed by atoms with Crippen molar-refractivity contribution in [3.63, 3.8) is 0 Å². The Morgan fingerprint density at radius 1 is 0.542 bits per heavy atom. The molecule has 0 fully saturated rings. The Kier molecular flexibility index (Phi) is 19.1. The van der Waals surface area contributed by atoms with Gasteiger partial charge in [-0.2, -0.15) is 0 Å². The lowest BCUT2D eigenvalue weighted by Gasteiger charge is -2.16. The molecular weight excluding hydrogens is 298 g/mol. The molecule has 0 bridgehead atoms. The smallest absolute Gasteiger partial charge is 0.106 e. The van der Waals surface area contributed by atoms with Gasteiger partial charge in [0.15, 0.2) is 0 Å². The van der Waals surface area contributed by atoms with E-state index in [2.05, 4.69) is 12.2 Å². The first-order valence-electron chi connectivity index (χ1n) is 10.8. The van der Waals surface area contributed by atoms with Crippen molar-refractivity contribution in [1.29, 1.82) is 0 Å². The highest BCUT2D eigenvalue weighted by Crippen LogP contribution is 2.13. The van der Waals surface area contributed by atoms with Crippen LogP contribution in [0.2, 0.25) is 0 Å². The van der Waals surface area contributed by atoms with Crippen LogP contribution in [0.5, 0.6) is 0 Å². The van der Waals surface area contributed by atoms with Crippen LogP contribution in [0.1, 0.15) is 123 Å². The third-order valence-corrected chi connectivity index (χ3v) is 4.85. The van der Waals surface area contributed by atoms with Gasteiger partial charge in [-0.05, 0) is 19.3 Å². The molecule has 3 nitrogen and oxygen atoms in total. The number of hydrogen-bond acceptors (Lipinski definition) is 3. The van der Waals surface area contributed by atoms with Crippen molar-refractivity contribution >= 4 is 0 Å². The van der Waals surface area contributed by atoms with Crippen molar-refractivity contribution in [2.75, 3.05) is 0 Å².